The molecular weight excluding hydrogens is 326 g/mol. The lowest BCUT2D eigenvalue weighted by atomic mass is 10.1. The van der Waals surface area contributed by atoms with Gasteiger partial charge in [0.1, 0.15) is 5.69 Å². The van der Waals surface area contributed by atoms with Crippen LogP contribution in [0.5, 0.6) is 0 Å². The van der Waals surface area contributed by atoms with Crippen molar-refractivity contribution in [2.24, 2.45) is 0 Å². The van der Waals surface area contributed by atoms with Gasteiger partial charge in [0, 0.05) is 30.5 Å². The summed E-state index contributed by atoms with van der Waals surface area (Å²) in [5.41, 5.74) is 3.68. The van der Waals surface area contributed by atoms with Crippen molar-refractivity contribution < 1.29 is 9.59 Å². The van der Waals surface area contributed by atoms with Crippen LogP contribution in [0.1, 0.15) is 57.7 Å². The minimum atomic E-state index is -0.302. The molecule has 0 saturated carbocycles. The Balaban J connectivity index is 1.76. The Morgan fingerprint density at radius 2 is 1.77 bits per heavy atom. The smallest absolute Gasteiger partial charge is 0.274 e. The fourth-order valence-electron chi connectivity index (χ4n) is 3.22. The zero-order valence-corrected chi connectivity index (χ0v) is 15.4. The molecule has 0 bridgehead atoms. The van der Waals surface area contributed by atoms with Gasteiger partial charge in [-0.15, -0.1) is 0 Å². The molecule has 1 N–H and O–H groups in total. The van der Waals surface area contributed by atoms with Gasteiger partial charge >= 0.3 is 0 Å². The molecule has 1 aromatic carbocycles. The van der Waals surface area contributed by atoms with Gasteiger partial charge in [-0.05, 0) is 56.0 Å². The number of hydrogen-bond donors (Lipinski definition) is 1. The zero-order valence-electron chi connectivity index (χ0n) is 15.4. The van der Waals surface area contributed by atoms with Crippen molar-refractivity contribution in [2.75, 3.05) is 18.4 Å². The highest BCUT2D eigenvalue weighted by molar-refractivity contribution is 6.05. The third kappa shape index (κ3) is 4.10. The van der Waals surface area contributed by atoms with Crippen molar-refractivity contribution in [1.29, 1.82) is 0 Å². The summed E-state index contributed by atoms with van der Waals surface area (Å²) in [4.78, 5) is 31.4. The lowest BCUT2D eigenvalue weighted by Crippen LogP contribution is -2.32. The number of aromatic nitrogens is 1. The second-order valence-electron chi connectivity index (χ2n) is 6.84. The predicted octanol–water partition coefficient (Wildman–Crippen LogP) is 3.97. The third-order valence-electron chi connectivity index (χ3n) is 4.99. The summed E-state index contributed by atoms with van der Waals surface area (Å²) in [5.74, 6) is -0.320. The average Bonchev–Trinajstić information content (AvgIpc) is 2.94. The van der Waals surface area contributed by atoms with E-state index < -0.39 is 0 Å². The number of carbonyl (C=O) groups is 2. The number of anilines is 1. The lowest BCUT2D eigenvalue weighted by Gasteiger charge is -2.20. The first kappa shape index (κ1) is 18.1. The van der Waals surface area contributed by atoms with Crippen LogP contribution in [0.25, 0.3) is 0 Å². The second-order valence-corrected chi connectivity index (χ2v) is 6.84. The number of aryl methyl sites for hydroxylation is 1. The minimum Gasteiger partial charge on any atom is -0.339 e. The van der Waals surface area contributed by atoms with E-state index in [2.05, 4.69) is 10.3 Å². The van der Waals surface area contributed by atoms with Crippen molar-refractivity contribution >= 4 is 17.5 Å². The number of carbonyl (C=O) groups excluding carboxylic acids is 2. The number of nitrogens with one attached hydrogen (secondary N) is 1. The highest BCUT2D eigenvalue weighted by atomic mass is 16.2. The molecular formula is C21H25N3O2. The van der Waals surface area contributed by atoms with Crippen LogP contribution in [-0.4, -0.2) is 34.8 Å². The van der Waals surface area contributed by atoms with Crippen LogP contribution < -0.4 is 5.32 Å². The van der Waals surface area contributed by atoms with Gasteiger partial charge in [-0.2, -0.15) is 0 Å². The molecule has 2 aromatic rings. The third-order valence-corrected chi connectivity index (χ3v) is 4.99. The molecule has 1 aliphatic heterocycles. The SMILES string of the molecule is Cc1cccc(NC(=O)c2cc(C(=O)N3CCCCCC3)ccn2)c1C. The molecule has 0 atom stereocenters. The summed E-state index contributed by atoms with van der Waals surface area (Å²) in [5, 5.41) is 2.90. The first-order valence-electron chi connectivity index (χ1n) is 9.19. The van der Waals surface area contributed by atoms with Crippen LogP contribution in [0.3, 0.4) is 0 Å². The topological polar surface area (TPSA) is 62.3 Å². The number of amides is 2. The molecule has 2 heterocycles. The van der Waals surface area contributed by atoms with Crippen molar-refractivity contribution in [3.05, 3.63) is 58.9 Å². The summed E-state index contributed by atoms with van der Waals surface area (Å²) in [6.07, 6.45) is 5.95. The summed E-state index contributed by atoms with van der Waals surface area (Å²) in [7, 11) is 0. The van der Waals surface area contributed by atoms with E-state index in [-0.39, 0.29) is 17.5 Å². The summed E-state index contributed by atoms with van der Waals surface area (Å²) in [6.45, 7) is 5.54. The molecule has 0 aliphatic carbocycles. The molecule has 0 radical (unpaired) electrons. The molecule has 1 aliphatic rings. The summed E-state index contributed by atoms with van der Waals surface area (Å²) in [6, 6.07) is 9.05. The van der Waals surface area contributed by atoms with Gasteiger partial charge in [0.05, 0.1) is 0 Å². The van der Waals surface area contributed by atoms with Gasteiger partial charge in [-0.3, -0.25) is 14.6 Å². The fourth-order valence-corrected chi connectivity index (χ4v) is 3.22. The number of benzene rings is 1. The van der Waals surface area contributed by atoms with Crippen LogP contribution in [0.2, 0.25) is 0 Å². The zero-order chi connectivity index (χ0) is 18.5. The molecule has 5 heteroatoms. The summed E-state index contributed by atoms with van der Waals surface area (Å²) >= 11 is 0. The number of likely N-dealkylation sites (tertiary alicyclic amines) is 1. The van der Waals surface area contributed by atoms with Gasteiger partial charge in [0.25, 0.3) is 11.8 Å². The average molecular weight is 351 g/mol. The summed E-state index contributed by atoms with van der Waals surface area (Å²) < 4.78 is 0. The Bertz CT molecular complexity index is 809. The Morgan fingerprint density at radius 1 is 1.04 bits per heavy atom. The van der Waals surface area contributed by atoms with E-state index in [9.17, 15) is 9.59 Å². The van der Waals surface area contributed by atoms with Crippen molar-refractivity contribution in [1.82, 2.24) is 9.88 Å². The predicted molar refractivity (Wildman–Crippen MR) is 102 cm³/mol. The van der Waals surface area contributed by atoms with Crippen LogP contribution in [0, 0.1) is 13.8 Å². The molecule has 136 valence electrons. The molecule has 2 amide bonds. The van der Waals surface area contributed by atoms with Crippen LogP contribution >= 0.6 is 0 Å². The molecule has 3 rings (SSSR count). The molecule has 5 nitrogen and oxygen atoms in total. The highest BCUT2D eigenvalue weighted by Gasteiger charge is 2.19. The van der Waals surface area contributed by atoms with Crippen LogP contribution in [0.4, 0.5) is 5.69 Å². The molecule has 1 aromatic heterocycles. The van der Waals surface area contributed by atoms with Crippen LogP contribution in [-0.2, 0) is 0 Å². The van der Waals surface area contributed by atoms with E-state index in [0.29, 0.717) is 5.56 Å². The normalized spacial score (nSPS) is 14.6. The Hall–Kier alpha value is -2.69. The second kappa shape index (κ2) is 8.13. The number of rotatable bonds is 3. The molecule has 1 saturated heterocycles. The van der Waals surface area contributed by atoms with Gasteiger partial charge in [-0.25, -0.2) is 0 Å². The van der Waals surface area contributed by atoms with Gasteiger partial charge in [0.2, 0.25) is 0 Å². The van der Waals surface area contributed by atoms with Crippen molar-refractivity contribution in [3.63, 3.8) is 0 Å². The van der Waals surface area contributed by atoms with E-state index in [1.54, 1.807) is 12.1 Å². The molecule has 0 unspecified atom stereocenters. The first-order valence-corrected chi connectivity index (χ1v) is 9.19. The number of nitrogens with zero attached hydrogens (tertiary/aromatic N) is 2. The largest absolute Gasteiger partial charge is 0.339 e. The molecule has 1 fully saturated rings. The Kier molecular flexibility index (Phi) is 5.66. The fraction of sp³-hybridized carbons (Fsp3) is 0.381. The van der Waals surface area contributed by atoms with Gasteiger partial charge < -0.3 is 10.2 Å². The molecule has 26 heavy (non-hydrogen) atoms. The maximum Gasteiger partial charge on any atom is 0.274 e. The highest BCUT2D eigenvalue weighted by Crippen LogP contribution is 2.19. The van der Waals surface area contributed by atoms with E-state index >= 15 is 0 Å². The standard InChI is InChI=1S/C21H25N3O2/c1-15-8-7-9-18(16(15)2)23-20(25)19-14-17(10-11-22-19)21(26)24-12-5-3-4-6-13-24/h7-11,14H,3-6,12-13H2,1-2H3,(H,23,25). The van der Waals surface area contributed by atoms with Gasteiger partial charge in [-0.1, -0.05) is 25.0 Å². The number of pyridine rings is 1. The van der Waals surface area contributed by atoms with E-state index in [4.69, 9.17) is 0 Å². The monoisotopic (exact) mass is 351 g/mol. The molecule has 0 spiro atoms. The number of hydrogen-bond acceptors (Lipinski definition) is 3. The van der Waals surface area contributed by atoms with E-state index in [1.165, 1.54) is 19.0 Å². The van der Waals surface area contributed by atoms with E-state index in [0.717, 1.165) is 42.7 Å². The first-order chi connectivity index (χ1) is 12.6. The van der Waals surface area contributed by atoms with Crippen molar-refractivity contribution in [2.45, 2.75) is 39.5 Å². The van der Waals surface area contributed by atoms with E-state index in [1.807, 2.05) is 36.9 Å². The van der Waals surface area contributed by atoms with Gasteiger partial charge in [0.15, 0.2) is 0 Å². The Labute approximate surface area is 154 Å². The maximum atomic E-state index is 12.8. The van der Waals surface area contributed by atoms with Crippen LogP contribution in [0.15, 0.2) is 36.5 Å². The quantitative estimate of drug-likeness (QED) is 0.910. The minimum absolute atomic E-state index is 0.0184. The maximum absolute atomic E-state index is 12.8. The van der Waals surface area contributed by atoms with Crippen molar-refractivity contribution in [3.8, 4) is 0 Å². The Morgan fingerprint density at radius 3 is 2.50 bits per heavy atom. The lowest BCUT2D eigenvalue weighted by molar-refractivity contribution is 0.0761.